The first-order chi connectivity index (χ1) is 24.7. The molecule has 2 aliphatic heterocycles. The predicted molar refractivity (Wildman–Crippen MR) is 187 cm³/mol. The summed E-state index contributed by atoms with van der Waals surface area (Å²) in [4.78, 5) is 36.9. The molecule has 6 heterocycles. The Morgan fingerprint density at radius 2 is 1.88 bits per heavy atom. The van der Waals surface area contributed by atoms with E-state index in [1.54, 1.807) is 36.0 Å². The molecule has 4 bridgehead atoms. The summed E-state index contributed by atoms with van der Waals surface area (Å²) in [5, 5.41) is 8.76. The number of halogens is 2. The number of methoxy groups -OCH3 is 1. The van der Waals surface area contributed by atoms with Gasteiger partial charge in [-0.2, -0.15) is 5.10 Å². The Morgan fingerprint density at radius 1 is 1.02 bits per heavy atom. The van der Waals surface area contributed by atoms with Crippen LogP contribution in [0.25, 0.3) is 39.0 Å². The SMILES string of the molecule is CCOc1cc(F)ccc1-n1ncc2c(N3C[C@@H]4C[C@H]3C(=O)N(C)C[C@@H](OC)Cn3c(C)nc5cc(F)cc(c53)-c3cccc(n3)N4)ncnc21. The van der Waals surface area contributed by atoms with Crippen LogP contribution in [0.1, 0.15) is 19.2 Å². The zero-order valence-corrected chi connectivity index (χ0v) is 28.5. The van der Waals surface area contributed by atoms with Crippen LogP contribution in [-0.2, 0) is 16.1 Å². The third-order valence-corrected chi connectivity index (χ3v) is 9.60. The number of hydrogen-bond acceptors (Lipinski definition) is 10. The van der Waals surface area contributed by atoms with E-state index in [1.807, 2.05) is 41.5 Å². The standard InChI is InChI=1S/C36H36F2N10O3/c1-5-51-31-13-21(37)9-10-29(31)48-35-26(15-41-48)34(39-19-40-35)47-16-23-14-30(47)36(49)45(3)17-24(50-4)18-46-20(2)42-28-12-22(38)11-25(33(28)46)27-7-6-8-32(43-23)44-27/h6-13,15,19,23-24,30H,5,14,16-18H2,1-4H3,(H,43,44)/t23-,24+,30-/m0/s1. The Morgan fingerprint density at radius 3 is 2.71 bits per heavy atom. The number of likely N-dealkylation sites (N-methyl/N-ethyl adjacent to an activating group) is 1. The summed E-state index contributed by atoms with van der Waals surface area (Å²) in [5.74, 6) is 1.20. The van der Waals surface area contributed by atoms with Crippen LogP contribution in [0.2, 0.25) is 0 Å². The van der Waals surface area contributed by atoms with Crippen molar-refractivity contribution in [2.75, 3.05) is 44.1 Å². The number of aryl methyl sites for hydroxylation is 1. The number of carbonyl (C=O) groups is 1. The number of carbonyl (C=O) groups excluding carboxylic acids is 1. The van der Waals surface area contributed by atoms with Crippen LogP contribution in [0.3, 0.4) is 0 Å². The van der Waals surface area contributed by atoms with Gasteiger partial charge < -0.3 is 29.2 Å². The van der Waals surface area contributed by atoms with E-state index in [4.69, 9.17) is 14.5 Å². The van der Waals surface area contributed by atoms with Crippen LogP contribution in [0.5, 0.6) is 5.75 Å². The highest BCUT2D eigenvalue weighted by Crippen LogP contribution is 2.35. The van der Waals surface area contributed by atoms with Gasteiger partial charge in [-0.1, -0.05) is 6.07 Å². The maximum absolute atomic E-state index is 15.0. The molecule has 0 saturated carbocycles. The molecule has 2 aliphatic rings. The minimum Gasteiger partial charge on any atom is -0.492 e. The van der Waals surface area contributed by atoms with Gasteiger partial charge in [-0.25, -0.2) is 33.4 Å². The van der Waals surface area contributed by atoms with Crippen LogP contribution in [0, 0.1) is 18.6 Å². The maximum Gasteiger partial charge on any atom is 0.245 e. The molecule has 0 spiro atoms. The molecule has 0 unspecified atom stereocenters. The van der Waals surface area contributed by atoms with E-state index >= 15 is 0 Å². The average Bonchev–Trinajstić information content (AvgIpc) is 3.82. The fourth-order valence-electron chi connectivity index (χ4n) is 7.28. The number of amides is 1. The van der Waals surface area contributed by atoms with Crippen molar-refractivity contribution in [3.05, 3.63) is 78.5 Å². The van der Waals surface area contributed by atoms with Crippen molar-refractivity contribution in [1.29, 1.82) is 0 Å². The molecule has 262 valence electrons. The number of aromatic nitrogens is 7. The van der Waals surface area contributed by atoms with Crippen LogP contribution in [0.4, 0.5) is 20.4 Å². The number of anilines is 2. The summed E-state index contributed by atoms with van der Waals surface area (Å²) in [6.45, 7) is 5.12. The van der Waals surface area contributed by atoms with E-state index in [2.05, 4.69) is 25.4 Å². The lowest BCUT2D eigenvalue weighted by molar-refractivity contribution is -0.132. The van der Waals surface area contributed by atoms with Gasteiger partial charge in [0, 0.05) is 51.0 Å². The quantitative estimate of drug-likeness (QED) is 0.270. The summed E-state index contributed by atoms with van der Waals surface area (Å²) in [7, 11) is 3.39. The summed E-state index contributed by atoms with van der Waals surface area (Å²) in [6.07, 6.45) is 3.14. The molecule has 51 heavy (non-hydrogen) atoms. The number of imidazole rings is 1. The highest BCUT2D eigenvalue weighted by Gasteiger charge is 2.41. The first-order valence-corrected chi connectivity index (χ1v) is 16.8. The second-order valence-electron chi connectivity index (χ2n) is 12.9. The zero-order chi connectivity index (χ0) is 35.4. The number of pyridine rings is 1. The van der Waals surface area contributed by atoms with E-state index in [0.29, 0.717) is 89.4 Å². The van der Waals surface area contributed by atoms with Gasteiger partial charge in [0.2, 0.25) is 5.91 Å². The fourth-order valence-corrected chi connectivity index (χ4v) is 7.28. The van der Waals surface area contributed by atoms with Gasteiger partial charge in [0.15, 0.2) is 5.65 Å². The van der Waals surface area contributed by atoms with E-state index in [1.165, 1.54) is 30.6 Å². The molecule has 1 fully saturated rings. The monoisotopic (exact) mass is 694 g/mol. The van der Waals surface area contributed by atoms with E-state index < -0.39 is 23.8 Å². The molecule has 0 aliphatic carbocycles. The Balaban J connectivity index is 1.22. The topological polar surface area (TPSA) is 128 Å². The molecule has 6 aromatic rings. The van der Waals surface area contributed by atoms with E-state index in [-0.39, 0.29) is 11.9 Å². The first kappa shape index (κ1) is 32.5. The Hall–Kier alpha value is -5.70. The number of fused-ring (bicyclic) bond motifs is 6. The number of rotatable bonds is 5. The number of hydrogen-bond donors (Lipinski definition) is 1. The molecule has 1 amide bonds. The van der Waals surface area contributed by atoms with Gasteiger partial charge in [-0.05, 0) is 50.6 Å². The molecule has 13 nitrogen and oxygen atoms in total. The van der Waals surface area contributed by atoms with Crippen molar-refractivity contribution < 1.29 is 23.0 Å². The third-order valence-electron chi connectivity index (χ3n) is 9.60. The van der Waals surface area contributed by atoms with Gasteiger partial charge in [0.1, 0.15) is 52.9 Å². The Kier molecular flexibility index (Phi) is 8.21. The summed E-state index contributed by atoms with van der Waals surface area (Å²) in [6, 6.07) is 11.9. The molecule has 8 rings (SSSR count). The van der Waals surface area contributed by atoms with E-state index in [9.17, 15) is 13.6 Å². The molecule has 15 heteroatoms. The van der Waals surface area contributed by atoms with Crippen molar-refractivity contribution in [2.24, 2.45) is 0 Å². The lowest BCUT2D eigenvalue weighted by Crippen LogP contribution is -2.47. The molecule has 3 atom stereocenters. The lowest BCUT2D eigenvalue weighted by atomic mass is 10.1. The minimum absolute atomic E-state index is 0.107. The van der Waals surface area contributed by atoms with Gasteiger partial charge in [0.25, 0.3) is 0 Å². The van der Waals surface area contributed by atoms with Crippen molar-refractivity contribution in [2.45, 2.75) is 45.0 Å². The maximum atomic E-state index is 15.0. The van der Waals surface area contributed by atoms with E-state index in [0.717, 1.165) is 5.52 Å². The number of ether oxygens (including phenoxy) is 2. The summed E-state index contributed by atoms with van der Waals surface area (Å²) in [5.41, 5.74) is 3.48. The first-order valence-electron chi connectivity index (χ1n) is 16.8. The van der Waals surface area contributed by atoms with Crippen molar-refractivity contribution in [3.63, 3.8) is 0 Å². The molecular weight excluding hydrogens is 658 g/mol. The Bertz CT molecular complexity index is 2290. The molecule has 0 radical (unpaired) electrons. The Labute approximate surface area is 291 Å². The largest absolute Gasteiger partial charge is 0.492 e. The van der Waals surface area contributed by atoms with Gasteiger partial charge in [-0.3, -0.25) is 4.79 Å². The number of nitrogens with zero attached hydrogens (tertiary/aromatic N) is 9. The van der Waals surface area contributed by atoms with Crippen molar-refractivity contribution >= 4 is 39.6 Å². The van der Waals surface area contributed by atoms with Gasteiger partial charge in [-0.15, -0.1) is 0 Å². The predicted octanol–water partition coefficient (Wildman–Crippen LogP) is 4.76. The highest BCUT2D eigenvalue weighted by atomic mass is 19.1. The molecule has 1 N–H and O–H groups in total. The third kappa shape index (κ3) is 5.76. The summed E-state index contributed by atoms with van der Waals surface area (Å²) >= 11 is 0. The smallest absolute Gasteiger partial charge is 0.245 e. The number of benzene rings is 2. The molecule has 1 saturated heterocycles. The molecular formula is C36H36F2N10O3. The van der Waals surface area contributed by atoms with Crippen molar-refractivity contribution in [1.82, 2.24) is 39.2 Å². The highest BCUT2D eigenvalue weighted by molar-refractivity contribution is 5.94. The lowest BCUT2D eigenvalue weighted by Gasteiger charge is -2.30. The molecule has 2 aromatic carbocycles. The minimum atomic E-state index is -0.599. The second kappa shape index (κ2) is 12.9. The normalized spacial score (nSPS) is 19.3. The fraction of sp³-hybridized carbons (Fsp3) is 0.333. The van der Waals surface area contributed by atoms with Gasteiger partial charge >= 0.3 is 0 Å². The van der Waals surface area contributed by atoms with Crippen LogP contribution < -0.4 is 15.0 Å². The second-order valence-corrected chi connectivity index (χ2v) is 12.9. The van der Waals surface area contributed by atoms with Crippen LogP contribution >= 0.6 is 0 Å². The summed E-state index contributed by atoms with van der Waals surface area (Å²) < 4.78 is 44.4. The zero-order valence-electron chi connectivity index (χ0n) is 28.5. The van der Waals surface area contributed by atoms with Crippen LogP contribution in [0.15, 0.2) is 61.1 Å². The van der Waals surface area contributed by atoms with Crippen molar-refractivity contribution in [3.8, 4) is 22.7 Å². The van der Waals surface area contributed by atoms with Crippen LogP contribution in [-0.4, -0.2) is 97.1 Å². The van der Waals surface area contributed by atoms with Gasteiger partial charge in [0.05, 0.1) is 47.6 Å². The average molecular weight is 695 g/mol. The number of nitrogens with one attached hydrogen (secondary N) is 1. The molecule has 4 aromatic heterocycles.